The quantitative estimate of drug-likeness (QED) is 0.193. The number of nitrogens with zero attached hydrogens (tertiary/aromatic N) is 1. The Hall–Kier alpha value is -1.92. The largest absolute Gasteiger partial charge is 0.454 e. The predicted molar refractivity (Wildman–Crippen MR) is 99.8 cm³/mol. The van der Waals surface area contributed by atoms with Gasteiger partial charge in [0.2, 0.25) is 6.79 Å². The summed E-state index contributed by atoms with van der Waals surface area (Å²) in [7, 11) is -3.95. The van der Waals surface area contributed by atoms with Crippen molar-refractivity contribution in [1.82, 2.24) is 0 Å². The summed E-state index contributed by atoms with van der Waals surface area (Å²) < 4.78 is 40.9. The van der Waals surface area contributed by atoms with Gasteiger partial charge in [0.05, 0.1) is 16.4 Å². The van der Waals surface area contributed by atoms with Gasteiger partial charge in [0.1, 0.15) is 0 Å². The van der Waals surface area contributed by atoms with Crippen molar-refractivity contribution >= 4 is 38.4 Å². The Balaban J connectivity index is 1.56. The van der Waals surface area contributed by atoms with Crippen molar-refractivity contribution in [3.63, 3.8) is 0 Å². The molecule has 1 aliphatic rings. The highest BCUT2D eigenvalue weighted by molar-refractivity contribution is 14.1. The van der Waals surface area contributed by atoms with Crippen molar-refractivity contribution in [1.29, 1.82) is 0 Å². The van der Waals surface area contributed by atoms with Crippen LogP contribution in [0.15, 0.2) is 41.3 Å². The lowest BCUT2D eigenvalue weighted by Gasteiger charge is -2.08. The zero-order valence-corrected chi connectivity index (χ0v) is 16.4. The van der Waals surface area contributed by atoms with Gasteiger partial charge in [-0.2, -0.15) is 8.42 Å². The number of non-ortho nitro benzene ring substituents is 1. The number of rotatable bonds is 7. The molecule has 1 aliphatic heterocycles. The van der Waals surface area contributed by atoms with Gasteiger partial charge in [-0.3, -0.25) is 14.3 Å². The Kier molecular flexibility index (Phi) is 5.63. The van der Waals surface area contributed by atoms with Crippen molar-refractivity contribution in [2.75, 3.05) is 13.4 Å². The van der Waals surface area contributed by atoms with E-state index in [9.17, 15) is 18.5 Å². The topological polar surface area (TPSA) is 105 Å². The Bertz CT molecular complexity index is 928. The second-order valence-corrected chi connectivity index (χ2v) is 8.21. The second kappa shape index (κ2) is 7.76. The molecule has 2 aromatic rings. The lowest BCUT2D eigenvalue weighted by atomic mass is 10.1. The first-order valence-electron chi connectivity index (χ1n) is 7.59. The molecule has 2 aromatic carbocycles. The van der Waals surface area contributed by atoms with Gasteiger partial charge in [-0.15, -0.1) is 0 Å². The zero-order chi connectivity index (χ0) is 18.7. The number of benzene rings is 2. The van der Waals surface area contributed by atoms with Gasteiger partial charge < -0.3 is 9.47 Å². The molecule has 26 heavy (non-hydrogen) atoms. The highest BCUT2D eigenvalue weighted by atomic mass is 127. The molecule has 0 spiro atoms. The van der Waals surface area contributed by atoms with E-state index in [4.69, 9.17) is 13.7 Å². The van der Waals surface area contributed by atoms with Crippen molar-refractivity contribution in [3.05, 3.63) is 55.6 Å². The Labute approximate surface area is 163 Å². The van der Waals surface area contributed by atoms with Crippen molar-refractivity contribution in [3.8, 4) is 11.5 Å². The van der Waals surface area contributed by atoms with Gasteiger partial charge in [0.25, 0.3) is 15.8 Å². The van der Waals surface area contributed by atoms with E-state index >= 15 is 0 Å². The number of nitro groups is 1. The van der Waals surface area contributed by atoms with Crippen LogP contribution in [0.1, 0.15) is 12.0 Å². The van der Waals surface area contributed by atoms with Gasteiger partial charge in [-0.25, -0.2) is 0 Å². The average molecular weight is 491 g/mol. The Morgan fingerprint density at radius 1 is 1.15 bits per heavy atom. The zero-order valence-electron chi connectivity index (χ0n) is 13.4. The van der Waals surface area contributed by atoms with E-state index in [1.807, 2.05) is 12.1 Å². The van der Waals surface area contributed by atoms with E-state index in [1.54, 1.807) is 0 Å². The van der Waals surface area contributed by atoms with E-state index in [1.165, 1.54) is 0 Å². The van der Waals surface area contributed by atoms with Crippen LogP contribution >= 0.6 is 22.6 Å². The van der Waals surface area contributed by atoms with Gasteiger partial charge in [-0.1, -0.05) is 0 Å². The number of hydrogen-bond acceptors (Lipinski definition) is 7. The molecule has 1 heterocycles. The maximum atomic E-state index is 12.1. The van der Waals surface area contributed by atoms with Crippen LogP contribution in [0.2, 0.25) is 0 Å². The average Bonchev–Trinajstić information content (AvgIpc) is 3.05. The van der Waals surface area contributed by atoms with Gasteiger partial charge in [-0.05, 0) is 65.3 Å². The molecule has 0 amide bonds. The number of nitro benzene ring substituents is 1. The van der Waals surface area contributed by atoms with E-state index < -0.39 is 15.0 Å². The molecule has 0 saturated carbocycles. The second-order valence-electron chi connectivity index (χ2n) is 5.43. The predicted octanol–water partition coefficient (Wildman–Crippen LogP) is 3.27. The standard InChI is InChI=1S/C16H14INO7S/c17-14-9-16-15(23-10-24-16)8-11(14)2-1-7-25-26(21,22)13-5-3-12(4-6-13)18(19)20/h3-6,8-9H,1-2,7,10H2. The molecule has 0 aromatic heterocycles. The molecule has 138 valence electrons. The number of fused-ring (bicyclic) bond motifs is 1. The normalized spacial score (nSPS) is 13.0. The van der Waals surface area contributed by atoms with E-state index in [0.717, 1.165) is 33.4 Å². The maximum Gasteiger partial charge on any atom is 0.296 e. The lowest BCUT2D eigenvalue weighted by molar-refractivity contribution is -0.384. The number of hydrogen-bond donors (Lipinski definition) is 0. The fourth-order valence-corrected chi connectivity index (χ4v) is 4.04. The monoisotopic (exact) mass is 491 g/mol. The highest BCUT2D eigenvalue weighted by Gasteiger charge is 2.18. The summed E-state index contributed by atoms with van der Waals surface area (Å²) in [5, 5.41) is 10.6. The first kappa shape index (κ1) is 18.9. The van der Waals surface area contributed by atoms with E-state index in [2.05, 4.69) is 22.6 Å². The molecule has 3 rings (SSSR count). The minimum absolute atomic E-state index is 0.00381. The minimum atomic E-state index is -3.95. The molecule has 0 fully saturated rings. The summed E-state index contributed by atoms with van der Waals surface area (Å²) in [5.41, 5.74) is 0.840. The molecule has 0 bridgehead atoms. The van der Waals surface area contributed by atoms with Gasteiger partial charge >= 0.3 is 0 Å². The molecule has 10 heteroatoms. The maximum absolute atomic E-state index is 12.1. The van der Waals surface area contributed by atoms with Crippen LogP contribution in [0.25, 0.3) is 0 Å². The van der Waals surface area contributed by atoms with Crippen LogP contribution in [0.4, 0.5) is 5.69 Å². The number of ether oxygens (including phenoxy) is 2. The molecule has 0 aliphatic carbocycles. The van der Waals surface area contributed by atoms with Gasteiger partial charge in [0, 0.05) is 15.7 Å². The summed E-state index contributed by atoms with van der Waals surface area (Å²) in [5.74, 6) is 1.38. The van der Waals surface area contributed by atoms with E-state index in [0.29, 0.717) is 24.3 Å². The van der Waals surface area contributed by atoms with Crippen LogP contribution in [0, 0.1) is 13.7 Å². The first-order valence-corrected chi connectivity index (χ1v) is 10.1. The SMILES string of the molecule is O=[N+]([O-])c1ccc(S(=O)(=O)OCCCc2cc3c(cc2I)OCO3)cc1. The summed E-state index contributed by atoms with van der Waals surface area (Å²) >= 11 is 2.19. The van der Waals surface area contributed by atoms with Crippen LogP contribution in [0.3, 0.4) is 0 Å². The summed E-state index contributed by atoms with van der Waals surface area (Å²) in [6.07, 6.45) is 1.10. The molecule has 0 unspecified atom stereocenters. The number of aryl methyl sites for hydroxylation is 1. The smallest absolute Gasteiger partial charge is 0.296 e. The molecular formula is C16H14INO7S. The highest BCUT2D eigenvalue weighted by Crippen LogP contribution is 2.35. The fraction of sp³-hybridized carbons (Fsp3) is 0.250. The first-order chi connectivity index (χ1) is 12.4. The van der Waals surface area contributed by atoms with Crippen molar-refractivity contribution in [2.24, 2.45) is 0 Å². The third-order valence-corrected chi connectivity index (χ3v) is 6.04. The molecule has 0 radical (unpaired) electrons. The fourth-order valence-electron chi connectivity index (χ4n) is 2.38. The Morgan fingerprint density at radius 3 is 2.46 bits per heavy atom. The third kappa shape index (κ3) is 4.24. The minimum Gasteiger partial charge on any atom is -0.454 e. The number of halogens is 1. The van der Waals surface area contributed by atoms with Crippen LogP contribution in [0.5, 0.6) is 11.5 Å². The Morgan fingerprint density at radius 2 is 1.81 bits per heavy atom. The molecule has 0 N–H and O–H groups in total. The molecule has 0 atom stereocenters. The summed E-state index contributed by atoms with van der Waals surface area (Å²) in [4.78, 5) is 9.91. The lowest BCUT2D eigenvalue weighted by Crippen LogP contribution is -2.08. The summed E-state index contributed by atoms with van der Waals surface area (Å²) in [6.45, 7) is 0.204. The van der Waals surface area contributed by atoms with Crippen LogP contribution in [-0.2, 0) is 20.7 Å². The summed E-state index contributed by atoms with van der Waals surface area (Å²) in [6, 6.07) is 8.35. The van der Waals surface area contributed by atoms with Crippen LogP contribution < -0.4 is 9.47 Å². The van der Waals surface area contributed by atoms with Crippen molar-refractivity contribution < 1.29 is 27.0 Å². The molecule has 0 saturated heterocycles. The van der Waals surface area contributed by atoms with Gasteiger partial charge in [0.15, 0.2) is 11.5 Å². The molecular weight excluding hydrogens is 477 g/mol. The van der Waals surface area contributed by atoms with E-state index in [-0.39, 0.29) is 24.0 Å². The van der Waals surface area contributed by atoms with Crippen molar-refractivity contribution in [2.45, 2.75) is 17.7 Å². The third-order valence-electron chi connectivity index (χ3n) is 3.71. The van der Waals surface area contributed by atoms with Crippen LogP contribution in [-0.4, -0.2) is 26.7 Å². The molecule has 8 nitrogen and oxygen atoms in total.